The van der Waals surface area contributed by atoms with Gasteiger partial charge in [0.1, 0.15) is 5.82 Å². The smallest absolute Gasteiger partial charge is 0.399 e. The summed E-state index contributed by atoms with van der Waals surface area (Å²) >= 11 is 0. The van der Waals surface area contributed by atoms with Crippen LogP contribution in [0.1, 0.15) is 77.1 Å². The zero-order valence-electron chi connectivity index (χ0n) is 17.2. The normalized spacial score (nSPS) is 24.3. The van der Waals surface area contributed by atoms with Gasteiger partial charge in [-0.05, 0) is 59.4 Å². The first kappa shape index (κ1) is 20.3. The number of likely N-dealkylation sites (tertiary alicyclic amines) is 1. The third kappa shape index (κ3) is 3.79. The SMILES string of the molecule is CCCC1CCCCN1C(=O)c1cccc(B2OC(C)(C)C(C)(C)O2)c1F. The van der Waals surface area contributed by atoms with Crippen LogP contribution in [0.25, 0.3) is 0 Å². The molecule has 27 heavy (non-hydrogen) atoms. The molecule has 148 valence electrons. The van der Waals surface area contributed by atoms with E-state index in [9.17, 15) is 4.79 Å². The van der Waals surface area contributed by atoms with Crippen molar-refractivity contribution in [2.45, 2.75) is 84.0 Å². The van der Waals surface area contributed by atoms with Gasteiger partial charge in [0.15, 0.2) is 0 Å². The average molecular weight is 375 g/mol. The molecule has 0 radical (unpaired) electrons. The van der Waals surface area contributed by atoms with E-state index in [2.05, 4.69) is 6.92 Å². The van der Waals surface area contributed by atoms with Gasteiger partial charge >= 0.3 is 7.12 Å². The van der Waals surface area contributed by atoms with Gasteiger partial charge in [-0.3, -0.25) is 4.79 Å². The van der Waals surface area contributed by atoms with E-state index < -0.39 is 24.1 Å². The maximum absolute atomic E-state index is 15.3. The fourth-order valence-corrected chi connectivity index (χ4v) is 3.92. The molecule has 0 aliphatic carbocycles. The van der Waals surface area contributed by atoms with E-state index in [-0.39, 0.29) is 17.5 Å². The van der Waals surface area contributed by atoms with Crippen LogP contribution in [0, 0.1) is 5.82 Å². The molecule has 2 saturated heterocycles. The maximum Gasteiger partial charge on any atom is 0.497 e. The van der Waals surface area contributed by atoms with Crippen molar-refractivity contribution in [1.29, 1.82) is 0 Å². The van der Waals surface area contributed by atoms with Gasteiger partial charge in [-0.15, -0.1) is 0 Å². The quantitative estimate of drug-likeness (QED) is 0.749. The van der Waals surface area contributed by atoms with Crippen LogP contribution < -0.4 is 5.46 Å². The van der Waals surface area contributed by atoms with E-state index in [0.717, 1.165) is 32.1 Å². The Kier molecular flexibility index (Phi) is 5.69. The molecule has 3 rings (SSSR count). The van der Waals surface area contributed by atoms with Crippen molar-refractivity contribution < 1.29 is 18.5 Å². The van der Waals surface area contributed by atoms with E-state index >= 15 is 4.39 Å². The molecule has 0 saturated carbocycles. The first-order valence-electron chi connectivity index (χ1n) is 10.1. The molecule has 2 heterocycles. The van der Waals surface area contributed by atoms with Crippen molar-refractivity contribution in [1.82, 2.24) is 4.90 Å². The number of rotatable bonds is 4. The Morgan fingerprint density at radius 1 is 1.22 bits per heavy atom. The minimum atomic E-state index is -0.810. The van der Waals surface area contributed by atoms with Crippen LogP contribution in [0.15, 0.2) is 18.2 Å². The number of carbonyl (C=O) groups is 1. The van der Waals surface area contributed by atoms with Gasteiger partial charge in [0.05, 0.1) is 16.8 Å². The lowest BCUT2D eigenvalue weighted by molar-refractivity contribution is 0.00578. The molecule has 6 heteroatoms. The van der Waals surface area contributed by atoms with Crippen LogP contribution in [-0.2, 0) is 9.31 Å². The van der Waals surface area contributed by atoms with Gasteiger partial charge in [0.25, 0.3) is 5.91 Å². The second-order valence-corrected chi connectivity index (χ2v) is 8.73. The van der Waals surface area contributed by atoms with Crippen molar-refractivity contribution in [2.75, 3.05) is 6.54 Å². The molecular weight excluding hydrogens is 344 g/mol. The number of nitrogens with zero attached hydrogens (tertiary/aromatic N) is 1. The third-order valence-electron chi connectivity index (χ3n) is 6.28. The minimum Gasteiger partial charge on any atom is -0.399 e. The topological polar surface area (TPSA) is 38.8 Å². The Morgan fingerprint density at radius 2 is 1.89 bits per heavy atom. The number of carbonyl (C=O) groups excluding carboxylic acids is 1. The standard InChI is InChI=1S/C21H31BFNO3/c1-6-10-15-11-7-8-14-24(15)19(25)16-12-9-13-17(18(16)23)22-26-20(2,3)21(4,5)27-22/h9,12-13,15H,6-8,10-11,14H2,1-5H3. The van der Waals surface area contributed by atoms with Gasteiger partial charge in [0.2, 0.25) is 0 Å². The van der Waals surface area contributed by atoms with E-state index in [1.165, 1.54) is 0 Å². The predicted molar refractivity (Wildman–Crippen MR) is 106 cm³/mol. The number of halogens is 1. The molecule has 2 fully saturated rings. The highest BCUT2D eigenvalue weighted by Crippen LogP contribution is 2.36. The van der Waals surface area contributed by atoms with Gasteiger partial charge in [0, 0.05) is 18.0 Å². The summed E-state index contributed by atoms with van der Waals surface area (Å²) in [5, 5.41) is 0. The van der Waals surface area contributed by atoms with E-state index in [0.29, 0.717) is 12.0 Å². The summed E-state index contributed by atoms with van der Waals surface area (Å²) in [6.07, 6.45) is 5.09. The minimum absolute atomic E-state index is 0.116. The summed E-state index contributed by atoms with van der Waals surface area (Å²) in [5.41, 5.74) is -0.694. The molecule has 0 aromatic heterocycles. The Hall–Kier alpha value is -1.40. The summed E-state index contributed by atoms with van der Waals surface area (Å²) < 4.78 is 27.3. The van der Waals surface area contributed by atoms with Crippen LogP contribution in [0.3, 0.4) is 0 Å². The molecule has 0 spiro atoms. The van der Waals surface area contributed by atoms with Gasteiger partial charge in [-0.2, -0.15) is 0 Å². The fraction of sp³-hybridized carbons (Fsp3) is 0.667. The molecule has 1 amide bonds. The lowest BCUT2D eigenvalue weighted by Crippen LogP contribution is -2.45. The van der Waals surface area contributed by atoms with E-state index in [1.807, 2.05) is 32.6 Å². The summed E-state index contributed by atoms with van der Waals surface area (Å²) in [7, 11) is -0.810. The zero-order chi connectivity index (χ0) is 19.8. The van der Waals surface area contributed by atoms with Gasteiger partial charge in [-0.25, -0.2) is 4.39 Å². The molecule has 2 aliphatic heterocycles. The maximum atomic E-state index is 15.3. The largest absolute Gasteiger partial charge is 0.497 e. The highest BCUT2D eigenvalue weighted by molar-refractivity contribution is 6.62. The number of piperidine rings is 1. The van der Waals surface area contributed by atoms with Crippen molar-refractivity contribution in [3.05, 3.63) is 29.6 Å². The summed E-state index contributed by atoms with van der Waals surface area (Å²) in [6.45, 7) is 10.6. The first-order valence-corrected chi connectivity index (χ1v) is 10.1. The second-order valence-electron chi connectivity index (χ2n) is 8.73. The van der Waals surface area contributed by atoms with E-state index in [1.54, 1.807) is 18.2 Å². The van der Waals surface area contributed by atoms with Crippen molar-refractivity contribution >= 4 is 18.5 Å². The monoisotopic (exact) mass is 375 g/mol. The van der Waals surface area contributed by atoms with Crippen molar-refractivity contribution in [2.24, 2.45) is 0 Å². The summed E-state index contributed by atoms with van der Waals surface area (Å²) in [5.74, 6) is -0.745. The molecule has 2 aliphatic rings. The molecule has 1 atom stereocenters. The summed E-state index contributed by atoms with van der Waals surface area (Å²) in [6, 6.07) is 5.14. The first-order chi connectivity index (χ1) is 12.7. The Bertz CT molecular complexity index is 689. The zero-order valence-corrected chi connectivity index (χ0v) is 17.2. The predicted octanol–water partition coefficient (Wildman–Crippen LogP) is 3.92. The van der Waals surface area contributed by atoms with Gasteiger partial charge in [-0.1, -0.05) is 25.5 Å². The van der Waals surface area contributed by atoms with Crippen LogP contribution in [-0.4, -0.2) is 41.7 Å². The van der Waals surface area contributed by atoms with Crippen LogP contribution in [0.5, 0.6) is 0 Å². The number of benzene rings is 1. The highest BCUT2D eigenvalue weighted by atomic mass is 19.1. The van der Waals surface area contributed by atoms with Gasteiger partial charge < -0.3 is 14.2 Å². The number of hydrogen-bond acceptors (Lipinski definition) is 3. The molecule has 1 aromatic carbocycles. The Balaban J connectivity index is 1.88. The molecule has 4 nitrogen and oxygen atoms in total. The molecule has 0 bridgehead atoms. The molecule has 0 N–H and O–H groups in total. The van der Waals surface area contributed by atoms with Crippen LogP contribution >= 0.6 is 0 Å². The van der Waals surface area contributed by atoms with Crippen LogP contribution in [0.2, 0.25) is 0 Å². The third-order valence-corrected chi connectivity index (χ3v) is 6.28. The number of amides is 1. The Labute approximate surface area is 162 Å². The van der Waals surface area contributed by atoms with Crippen molar-refractivity contribution in [3.8, 4) is 0 Å². The fourth-order valence-electron chi connectivity index (χ4n) is 3.92. The average Bonchev–Trinajstić information content (AvgIpc) is 2.83. The van der Waals surface area contributed by atoms with Crippen LogP contribution in [0.4, 0.5) is 4.39 Å². The molecule has 1 aromatic rings. The van der Waals surface area contributed by atoms with Crippen molar-refractivity contribution in [3.63, 3.8) is 0 Å². The highest BCUT2D eigenvalue weighted by Gasteiger charge is 2.52. The molecular formula is C21H31BFNO3. The molecule has 1 unspecified atom stereocenters. The summed E-state index contributed by atoms with van der Waals surface area (Å²) in [4.78, 5) is 15.0. The lowest BCUT2D eigenvalue weighted by Gasteiger charge is -2.36. The number of hydrogen-bond donors (Lipinski definition) is 0. The lowest BCUT2D eigenvalue weighted by atomic mass is 9.77. The second kappa shape index (κ2) is 7.55. The Morgan fingerprint density at radius 3 is 2.52 bits per heavy atom. The van der Waals surface area contributed by atoms with E-state index in [4.69, 9.17) is 9.31 Å².